The minimum absolute atomic E-state index is 0.167. The van der Waals surface area contributed by atoms with Crippen molar-refractivity contribution in [2.45, 2.75) is 25.5 Å². The van der Waals surface area contributed by atoms with Crippen LogP contribution in [0, 0.1) is 0 Å². The van der Waals surface area contributed by atoms with Crippen molar-refractivity contribution in [2.75, 3.05) is 31.6 Å². The molecule has 0 saturated carbocycles. The Kier molecular flexibility index (Phi) is 5.44. The second-order valence-corrected chi connectivity index (χ2v) is 8.06. The quantitative estimate of drug-likeness (QED) is 0.703. The van der Waals surface area contributed by atoms with E-state index >= 15 is 0 Å². The summed E-state index contributed by atoms with van der Waals surface area (Å²) in [6.07, 6.45) is 3.33. The number of hydrogen-bond donors (Lipinski definition) is 1. The summed E-state index contributed by atoms with van der Waals surface area (Å²) in [5, 5.41) is 4.22. The van der Waals surface area contributed by atoms with Crippen molar-refractivity contribution in [1.82, 2.24) is 19.9 Å². The lowest BCUT2D eigenvalue weighted by Gasteiger charge is -2.42. The third-order valence-electron chi connectivity index (χ3n) is 4.96. The molecule has 1 N–H and O–H groups in total. The fourth-order valence-corrected chi connectivity index (χ4v) is 3.74. The predicted molar refractivity (Wildman–Crippen MR) is 112 cm³/mol. The highest BCUT2D eigenvalue weighted by atomic mass is 35.5. The number of anilines is 1. The molecule has 3 heterocycles. The van der Waals surface area contributed by atoms with Crippen molar-refractivity contribution in [3.63, 3.8) is 0 Å². The summed E-state index contributed by atoms with van der Waals surface area (Å²) in [4.78, 5) is 15.6. The number of hydrogen-bond acceptors (Lipinski definition) is 6. The molecule has 1 aliphatic heterocycles. The summed E-state index contributed by atoms with van der Waals surface area (Å²) < 4.78 is 5.90. The number of ether oxygens (including phenoxy) is 1. The Balaban J connectivity index is 1.56. The zero-order valence-corrected chi connectivity index (χ0v) is 16.9. The van der Waals surface area contributed by atoms with Gasteiger partial charge in [0.2, 0.25) is 0 Å². The molecular weight excluding hydrogens is 374 g/mol. The van der Waals surface area contributed by atoms with Gasteiger partial charge in [-0.1, -0.05) is 23.7 Å². The molecule has 146 valence electrons. The summed E-state index contributed by atoms with van der Waals surface area (Å²) in [5.41, 5.74) is 2.48. The molecule has 3 aromatic rings. The average Bonchev–Trinajstić information content (AvgIpc) is 2.69. The minimum atomic E-state index is -0.167. The normalized spacial score (nSPS) is 18.1. The summed E-state index contributed by atoms with van der Waals surface area (Å²) in [6, 6.07) is 12.1. The first-order chi connectivity index (χ1) is 13.5. The van der Waals surface area contributed by atoms with Crippen molar-refractivity contribution in [1.29, 1.82) is 0 Å². The number of fused-ring (bicyclic) bond motifs is 1. The first-order valence-corrected chi connectivity index (χ1v) is 9.83. The Morgan fingerprint density at radius 3 is 2.71 bits per heavy atom. The van der Waals surface area contributed by atoms with E-state index in [0.29, 0.717) is 5.65 Å². The maximum atomic E-state index is 6.10. The van der Waals surface area contributed by atoms with E-state index in [1.165, 1.54) is 5.56 Å². The molecule has 0 radical (unpaired) electrons. The zero-order chi connectivity index (χ0) is 19.6. The number of nitrogens with zero attached hydrogens (tertiary/aromatic N) is 4. The van der Waals surface area contributed by atoms with Crippen molar-refractivity contribution in [3.8, 4) is 0 Å². The molecule has 1 atom stereocenters. The molecule has 0 spiro atoms. The molecule has 1 saturated heterocycles. The SMILES string of the molecule is CC1(C)CN(C(CNc2ccc3nccnc3n2)c2ccc(Cl)cc2)CCO1. The number of aromatic nitrogens is 3. The summed E-state index contributed by atoms with van der Waals surface area (Å²) in [6.45, 7) is 7.45. The van der Waals surface area contributed by atoms with Gasteiger partial charge in [0, 0.05) is 37.1 Å². The van der Waals surface area contributed by atoms with Crippen LogP contribution in [0.3, 0.4) is 0 Å². The van der Waals surface area contributed by atoms with Gasteiger partial charge in [-0.3, -0.25) is 9.88 Å². The molecule has 0 bridgehead atoms. The zero-order valence-electron chi connectivity index (χ0n) is 16.1. The number of rotatable bonds is 5. The topological polar surface area (TPSA) is 63.2 Å². The van der Waals surface area contributed by atoms with Gasteiger partial charge in [-0.15, -0.1) is 0 Å². The summed E-state index contributed by atoms with van der Waals surface area (Å²) in [5.74, 6) is 0.791. The third-order valence-corrected chi connectivity index (χ3v) is 5.21. The molecule has 4 rings (SSSR count). The lowest BCUT2D eigenvalue weighted by Crippen LogP contribution is -2.50. The van der Waals surface area contributed by atoms with E-state index in [4.69, 9.17) is 16.3 Å². The Morgan fingerprint density at radius 2 is 1.93 bits per heavy atom. The van der Waals surface area contributed by atoms with Gasteiger partial charge in [-0.05, 0) is 43.7 Å². The van der Waals surface area contributed by atoms with Crippen LogP contribution >= 0.6 is 11.6 Å². The maximum Gasteiger partial charge on any atom is 0.180 e. The van der Waals surface area contributed by atoms with Gasteiger partial charge in [0.15, 0.2) is 5.65 Å². The van der Waals surface area contributed by atoms with Crippen molar-refractivity contribution in [3.05, 3.63) is 59.4 Å². The Bertz CT molecular complexity index is 947. The lowest BCUT2D eigenvalue weighted by molar-refractivity contribution is -0.0963. The molecule has 1 aliphatic rings. The van der Waals surface area contributed by atoms with E-state index in [1.54, 1.807) is 12.4 Å². The number of halogens is 1. The van der Waals surface area contributed by atoms with Crippen molar-refractivity contribution < 1.29 is 4.74 Å². The van der Waals surface area contributed by atoms with E-state index in [1.807, 2.05) is 24.3 Å². The van der Waals surface area contributed by atoms with E-state index in [9.17, 15) is 0 Å². The maximum absolute atomic E-state index is 6.10. The number of pyridine rings is 1. The van der Waals surface area contributed by atoms with Crippen molar-refractivity contribution >= 4 is 28.6 Å². The van der Waals surface area contributed by atoms with Gasteiger partial charge in [-0.2, -0.15) is 0 Å². The highest BCUT2D eigenvalue weighted by Crippen LogP contribution is 2.28. The predicted octanol–water partition coefficient (Wildman–Crippen LogP) is 3.94. The fraction of sp³-hybridized carbons (Fsp3) is 0.381. The van der Waals surface area contributed by atoms with Gasteiger partial charge < -0.3 is 10.1 Å². The second kappa shape index (κ2) is 7.99. The molecule has 0 amide bonds. The molecule has 6 nitrogen and oxygen atoms in total. The van der Waals surface area contributed by atoms with Crippen LogP contribution in [0.5, 0.6) is 0 Å². The first-order valence-electron chi connectivity index (χ1n) is 9.45. The van der Waals surface area contributed by atoms with Gasteiger partial charge in [0.1, 0.15) is 11.3 Å². The van der Waals surface area contributed by atoms with Crippen LogP contribution in [0.2, 0.25) is 5.02 Å². The Hall–Kier alpha value is -2.28. The molecule has 1 fully saturated rings. The van der Waals surface area contributed by atoms with Crippen LogP contribution in [0.25, 0.3) is 11.2 Å². The highest BCUT2D eigenvalue weighted by Gasteiger charge is 2.32. The van der Waals surface area contributed by atoms with Crippen LogP contribution in [0.15, 0.2) is 48.8 Å². The smallest absolute Gasteiger partial charge is 0.180 e. The fourth-order valence-electron chi connectivity index (χ4n) is 3.62. The third kappa shape index (κ3) is 4.41. The molecular formula is C21H24ClN5O. The number of morpholine rings is 1. The van der Waals surface area contributed by atoms with Gasteiger partial charge in [-0.25, -0.2) is 9.97 Å². The molecule has 2 aromatic heterocycles. The summed E-state index contributed by atoms with van der Waals surface area (Å²) >= 11 is 6.10. The van der Waals surface area contributed by atoms with Crippen molar-refractivity contribution in [2.24, 2.45) is 0 Å². The lowest BCUT2D eigenvalue weighted by atomic mass is 10.0. The van der Waals surface area contributed by atoms with E-state index < -0.39 is 0 Å². The van der Waals surface area contributed by atoms with Gasteiger partial charge >= 0.3 is 0 Å². The number of nitrogens with one attached hydrogen (secondary N) is 1. The van der Waals surface area contributed by atoms with Crippen LogP contribution in [0.4, 0.5) is 5.82 Å². The van der Waals surface area contributed by atoms with Gasteiger partial charge in [0.05, 0.1) is 18.2 Å². The minimum Gasteiger partial charge on any atom is -0.373 e. The van der Waals surface area contributed by atoms with E-state index in [2.05, 4.69) is 51.1 Å². The molecule has 1 aromatic carbocycles. The number of benzene rings is 1. The van der Waals surface area contributed by atoms with Gasteiger partial charge in [0.25, 0.3) is 0 Å². The Labute approximate surface area is 169 Å². The molecule has 7 heteroatoms. The van der Waals surface area contributed by atoms with E-state index in [0.717, 1.165) is 42.6 Å². The van der Waals surface area contributed by atoms with Crippen LogP contribution < -0.4 is 5.32 Å². The largest absolute Gasteiger partial charge is 0.373 e. The Morgan fingerprint density at radius 1 is 1.14 bits per heavy atom. The average molecular weight is 398 g/mol. The van der Waals surface area contributed by atoms with Crippen LogP contribution in [-0.4, -0.2) is 51.7 Å². The molecule has 0 aliphatic carbocycles. The molecule has 28 heavy (non-hydrogen) atoms. The van der Waals surface area contributed by atoms with Crippen LogP contribution in [0.1, 0.15) is 25.5 Å². The monoisotopic (exact) mass is 397 g/mol. The highest BCUT2D eigenvalue weighted by molar-refractivity contribution is 6.30. The standard InChI is InChI=1S/C21H24ClN5O/c1-21(2)14-27(11-12-28-21)18(15-3-5-16(22)6-4-15)13-25-19-8-7-17-20(26-19)24-10-9-23-17/h3-10,18H,11-14H2,1-2H3,(H,24,25,26). The second-order valence-electron chi connectivity index (χ2n) is 7.62. The summed E-state index contributed by atoms with van der Waals surface area (Å²) in [7, 11) is 0. The van der Waals surface area contributed by atoms with Crippen LogP contribution in [-0.2, 0) is 4.74 Å². The van der Waals surface area contributed by atoms with E-state index in [-0.39, 0.29) is 11.6 Å². The molecule has 1 unspecified atom stereocenters. The first kappa shape index (κ1) is 19.1.